The highest BCUT2D eigenvalue weighted by atomic mass is 32.1. The molecular weight excluding hydrogens is 148 g/mol. The van der Waals surface area contributed by atoms with Crippen LogP contribution < -0.4 is 0 Å². The monoisotopic (exact) mass is 160 g/mol. The molecular formula is C6H12N2OS. The van der Waals surface area contributed by atoms with Crippen molar-refractivity contribution in [2.75, 3.05) is 26.7 Å². The van der Waals surface area contributed by atoms with Crippen LogP contribution in [-0.4, -0.2) is 41.8 Å². The second-order valence-corrected chi connectivity index (χ2v) is 3.05. The zero-order chi connectivity index (χ0) is 7.56. The molecule has 3 nitrogen and oxygen atoms in total. The third-order valence-electron chi connectivity index (χ3n) is 1.69. The van der Waals surface area contributed by atoms with Gasteiger partial charge in [0.25, 0.3) is 0 Å². The van der Waals surface area contributed by atoms with Crippen molar-refractivity contribution in [3.8, 4) is 0 Å². The molecule has 0 aromatic heterocycles. The van der Waals surface area contributed by atoms with Crippen LogP contribution in [0.25, 0.3) is 0 Å². The van der Waals surface area contributed by atoms with Gasteiger partial charge in [-0.05, 0) is 7.05 Å². The number of thiol groups is 1. The molecule has 1 saturated heterocycles. The second kappa shape index (κ2) is 3.25. The molecule has 58 valence electrons. The zero-order valence-electron chi connectivity index (χ0n) is 6.08. The lowest BCUT2D eigenvalue weighted by Gasteiger charge is -2.12. The van der Waals surface area contributed by atoms with E-state index in [-0.39, 0.29) is 5.91 Å². The van der Waals surface area contributed by atoms with Crippen LogP contribution in [0.5, 0.6) is 0 Å². The highest BCUT2D eigenvalue weighted by Gasteiger charge is 2.15. The Kier molecular flexibility index (Phi) is 2.56. The van der Waals surface area contributed by atoms with Crippen LogP contribution in [0.1, 0.15) is 6.42 Å². The minimum Gasteiger partial charge on any atom is -0.304 e. The molecule has 0 N–H and O–H groups in total. The predicted molar refractivity (Wildman–Crippen MR) is 42.8 cm³/mol. The Morgan fingerprint density at radius 1 is 1.40 bits per heavy atom. The van der Waals surface area contributed by atoms with Crippen LogP contribution in [-0.2, 0) is 4.79 Å². The molecule has 1 rings (SSSR count). The number of nitrogens with zero attached hydrogens (tertiary/aromatic N) is 2. The number of hydrogen-bond donors (Lipinski definition) is 1. The van der Waals surface area contributed by atoms with E-state index in [1.807, 2.05) is 7.05 Å². The fraction of sp³-hybridized carbons (Fsp3) is 0.833. The third kappa shape index (κ3) is 1.88. The Hall–Kier alpha value is -0.220. The van der Waals surface area contributed by atoms with Crippen molar-refractivity contribution < 1.29 is 4.79 Å². The van der Waals surface area contributed by atoms with Gasteiger partial charge in [-0.1, -0.05) is 12.8 Å². The number of carbonyl (C=O) groups is 1. The van der Waals surface area contributed by atoms with E-state index in [2.05, 4.69) is 17.7 Å². The van der Waals surface area contributed by atoms with Crippen molar-refractivity contribution in [2.45, 2.75) is 6.42 Å². The summed E-state index contributed by atoms with van der Waals surface area (Å²) in [4.78, 5) is 13.1. The van der Waals surface area contributed by atoms with Gasteiger partial charge in [0.1, 0.15) is 0 Å². The van der Waals surface area contributed by atoms with E-state index in [4.69, 9.17) is 0 Å². The van der Waals surface area contributed by atoms with Crippen molar-refractivity contribution in [1.82, 2.24) is 9.21 Å². The van der Waals surface area contributed by atoms with Gasteiger partial charge in [-0.15, -0.1) is 0 Å². The van der Waals surface area contributed by atoms with Crippen LogP contribution >= 0.6 is 12.8 Å². The number of amides is 1. The fourth-order valence-corrected chi connectivity index (χ4v) is 1.11. The summed E-state index contributed by atoms with van der Waals surface area (Å²) in [6.45, 7) is 2.52. The molecule has 0 aromatic carbocycles. The maximum Gasteiger partial charge on any atom is 0.233 e. The quantitative estimate of drug-likeness (QED) is 0.504. The van der Waals surface area contributed by atoms with E-state index in [1.165, 1.54) is 4.31 Å². The number of carbonyl (C=O) groups excluding carboxylic acids is 1. The normalized spacial score (nSPS) is 23.0. The largest absolute Gasteiger partial charge is 0.304 e. The Morgan fingerprint density at radius 3 is 2.80 bits per heavy atom. The van der Waals surface area contributed by atoms with E-state index < -0.39 is 0 Å². The Labute approximate surface area is 66.5 Å². The lowest BCUT2D eigenvalue weighted by atomic mass is 10.4. The van der Waals surface area contributed by atoms with Crippen molar-refractivity contribution in [2.24, 2.45) is 0 Å². The zero-order valence-corrected chi connectivity index (χ0v) is 6.97. The topological polar surface area (TPSA) is 23.6 Å². The van der Waals surface area contributed by atoms with Gasteiger partial charge in [0, 0.05) is 26.1 Å². The maximum atomic E-state index is 11.0. The average molecular weight is 160 g/mol. The van der Waals surface area contributed by atoms with Gasteiger partial charge in [0.05, 0.1) is 0 Å². The van der Waals surface area contributed by atoms with Gasteiger partial charge < -0.3 is 4.90 Å². The molecule has 1 amide bonds. The highest BCUT2D eigenvalue weighted by molar-refractivity contribution is 7.78. The Balaban J connectivity index is 2.46. The molecule has 1 aliphatic heterocycles. The minimum absolute atomic E-state index is 0.132. The standard InChI is InChI=1S/C6H12N2OS/c1-7-3-2-6(9)8(10)5-4-7/h10H,2-5H2,1H3. The Bertz CT molecular complexity index is 140. The number of hydrogen-bond acceptors (Lipinski definition) is 3. The first-order valence-corrected chi connectivity index (χ1v) is 3.78. The summed E-state index contributed by atoms with van der Waals surface area (Å²) in [7, 11) is 2.01. The van der Waals surface area contributed by atoms with Gasteiger partial charge in [-0.25, -0.2) is 0 Å². The third-order valence-corrected chi connectivity index (χ3v) is 2.11. The summed E-state index contributed by atoms with van der Waals surface area (Å²) in [5.74, 6) is 0.132. The van der Waals surface area contributed by atoms with Gasteiger partial charge >= 0.3 is 0 Å². The second-order valence-electron chi connectivity index (χ2n) is 2.57. The smallest absolute Gasteiger partial charge is 0.233 e. The Morgan fingerprint density at radius 2 is 2.10 bits per heavy atom. The molecule has 1 fully saturated rings. The molecule has 4 heteroatoms. The summed E-state index contributed by atoms with van der Waals surface area (Å²) >= 11 is 4.02. The molecule has 0 aromatic rings. The molecule has 0 bridgehead atoms. The SMILES string of the molecule is CN1CCC(=O)N(S)CC1. The number of rotatable bonds is 0. The molecule has 10 heavy (non-hydrogen) atoms. The average Bonchev–Trinajstić information content (AvgIpc) is 2.04. The molecule has 0 unspecified atom stereocenters. The first-order valence-electron chi connectivity index (χ1n) is 3.38. The highest BCUT2D eigenvalue weighted by Crippen LogP contribution is 2.03. The van der Waals surface area contributed by atoms with Crippen LogP contribution in [0.3, 0.4) is 0 Å². The summed E-state index contributed by atoms with van der Waals surface area (Å²) in [6, 6.07) is 0. The summed E-state index contributed by atoms with van der Waals surface area (Å²) in [5.41, 5.74) is 0. The lowest BCUT2D eigenvalue weighted by molar-refractivity contribution is -0.125. The first kappa shape index (κ1) is 7.88. The molecule has 0 saturated carbocycles. The molecule has 0 atom stereocenters. The van der Waals surface area contributed by atoms with Gasteiger partial charge in [0.15, 0.2) is 0 Å². The molecule has 1 heterocycles. The maximum absolute atomic E-state index is 11.0. The van der Waals surface area contributed by atoms with Crippen molar-refractivity contribution >= 4 is 18.7 Å². The fourth-order valence-electron chi connectivity index (χ4n) is 0.917. The van der Waals surface area contributed by atoms with Gasteiger partial charge in [-0.2, -0.15) is 0 Å². The van der Waals surface area contributed by atoms with Crippen LogP contribution in [0.2, 0.25) is 0 Å². The van der Waals surface area contributed by atoms with E-state index in [9.17, 15) is 4.79 Å². The van der Waals surface area contributed by atoms with Gasteiger partial charge in [-0.3, -0.25) is 9.10 Å². The lowest BCUT2D eigenvalue weighted by Crippen LogP contribution is -2.24. The molecule has 0 spiro atoms. The van der Waals surface area contributed by atoms with Crippen molar-refractivity contribution in [3.63, 3.8) is 0 Å². The van der Waals surface area contributed by atoms with Crippen molar-refractivity contribution in [3.05, 3.63) is 0 Å². The van der Waals surface area contributed by atoms with Gasteiger partial charge in [0.2, 0.25) is 5.91 Å². The predicted octanol–water partition coefficient (Wildman–Crippen LogP) is -0.00470. The molecule has 1 aliphatic rings. The van der Waals surface area contributed by atoms with Crippen molar-refractivity contribution in [1.29, 1.82) is 0 Å². The van der Waals surface area contributed by atoms with Crippen LogP contribution in [0.4, 0.5) is 0 Å². The molecule has 0 aliphatic carbocycles. The number of likely N-dealkylation sites (N-methyl/N-ethyl adjacent to an activating group) is 1. The molecule has 0 radical (unpaired) electrons. The summed E-state index contributed by atoms with van der Waals surface area (Å²) < 4.78 is 1.49. The van der Waals surface area contributed by atoms with Crippen LogP contribution in [0.15, 0.2) is 0 Å². The van der Waals surface area contributed by atoms with E-state index in [1.54, 1.807) is 0 Å². The van der Waals surface area contributed by atoms with E-state index in [0.717, 1.165) is 19.6 Å². The van der Waals surface area contributed by atoms with E-state index >= 15 is 0 Å². The van der Waals surface area contributed by atoms with Crippen LogP contribution in [0, 0.1) is 0 Å². The summed E-state index contributed by atoms with van der Waals surface area (Å²) in [6.07, 6.45) is 0.597. The van der Waals surface area contributed by atoms with E-state index in [0.29, 0.717) is 6.42 Å². The summed E-state index contributed by atoms with van der Waals surface area (Å²) in [5, 5.41) is 0. The first-order chi connectivity index (χ1) is 4.70. The minimum atomic E-state index is 0.132.